The van der Waals surface area contributed by atoms with E-state index in [0.717, 1.165) is 17.5 Å². The monoisotopic (exact) mass is 245 g/mol. The van der Waals surface area contributed by atoms with Gasteiger partial charge in [-0.1, -0.05) is 12.1 Å². The maximum atomic E-state index is 12.9. The molecule has 0 atom stereocenters. The summed E-state index contributed by atoms with van der Waals surface area (Å²) in [7, 11) is 1.58. The lowest BCUT2D eigenvalue weighted by Crippen LogP contribution is -2.04. The number of aromatic nitrogens is 1. The lowest BCUT2D eigenvalue weighted by molar-refractivity contribution is 0.0992. The fraction of sp³-hybridized carbons (Fsp3) is 0.143. The second kappa shape index (κ2) is 5.40. The van der Waals surface area contributed by atoms with Crippen LogP contribution >= 0.6 is 0 Å². The van der Waals surface area contributed by atoms with Gasteiger partial charge in [0.15, 0.2) is 5.78 Å². The molecule has 92 valence electrons. The number of halogens is 1. The summed E-state index contributed by atoms with van der Waals surface area (Å²) in [6.45, 7) is 0. The number of Topliss-reactive ketones (excluding diaryl/α,β-unsaturated/α-hetero) is 1. The van der Waals surface area contributed by atoms with Crippen molar-refractivity contribution in [1.29, 1.82) is 0 Å². The quantitative estimate of drug-likeness (QED) is 0.777. The Bertz CT molecular complexity index is 552. The second-order valence-corrected chi connectivity index (χ2v) is 3.84. The lowest BCUT2D eigenvalue weighted by atomic mass is 10.0. The summed E-state index contributed by atoms with van der Waals surface area (Å²) in [5.41, 5.74) is 1.14. The van der Waals surface area contributed by atoms with E-state index in [-0.39, 0.29) is 17.8 Å². The van der Waals surface area contributed by atoms with E-state index in [1.807, 2.05) is 12.1 Å². The zero-order chi connectivity index (χ0) is 13.0. The van der Waals surface area contributed by atoms with Gasteiger partial charge in [-0.15, -0.1) is 0 Å². The SMILES string of the molecule is COc1ccc(CC(=O)c2cncc(F)c2)cc1. The van der Waals surface area contributed by atoms with Gasteiger partial charge >= 0.3 is 0 Å². The van der Waals surface area contributed by atoms with Crippen LogP contribution in [-0.2, 0) is 6.42 Å². The first-order valence-corrected chi connectivity index (χ1v) is 5.46. The molecule has 0 saturated heterocycles. The smallest absolute Gasteiger partial charge is 0.168 e. The van der Waals surface area contributed by atoms with E-state index < -0.39 is 5.82 Å². The van der Waals surface area contributed by atoms with E-state index in [2.05, 4.69) is 4.98 Å². The summed E-state index contributed by atoms with van der Waals surface area (Å²) in [6.07, 6.45) is 2.66. The van der Waals surface area contributed by atoms with E-state index in [1.165, 1.54) is 12.3 Å². The number of pyridine rings is 1. The van der Waals surface area contributed by atoms with Crippen molar-refractivity contribution in [2.75, 3.05) is 7.11 Å². The van der Waals surface area contributed by atoms with Crippen LogP contribution in [0.25, 0.3) is 0 Å². The molecule has 1 aromatic heterocycles. The molecule has 0 bridgehead atoms. The minimum absolute atomic E-state index is 0.160. The highest BCUT2D eigenvalue weighted by Gasteiger charge is 2.08. The fourth-order valence-electron chi connectivity index (χ4n) is 1.60. The molecule has 4 heteroatoms. The number of hydrogen-bond donors (Lipinski definition) is 0. The van der Waals surface area contributed by atoms with Crippen molar-refractivity contribution in [1.82, 2.24) is 4.98 Å². The summed E-state index contributed by atoms with van der Waals surface area (Å²) in [6, 6.07) is 8.38. The van der Waals surface area contributed by atoms with Crippen LogP contribution in [0.5, 0.6) is 5.75 Å². The Balaban J connectivity index is 2.11. The predicted octanol–water partition coefficient (Wildman–Crippen LogP) is 2.65. The van der Waals surface area contributed by atoms with E-state index >= 15 is 0 Å². The molecule has 0 N–H and O–H groups in total. The number of ketones is 1. The maximum absolute atomic E-state index is 12.9. The topological polar surface area (TPSA) is 39.2 Å². The number of carbonyl (C=O) groups excluding carboxylic acids is 1. The van der Waals surface area contributed by atoms with Crippen molar-refractivity contribution >= 4 is 5.78 Å². The number of benzene rings is 1. The van der Waals surface area contributed by atoms with Gasteiger partial charge in [0.1, 0.15) is 11.6 Å². The van der Waals surface area contributed by atoms with Crippen LogP contribution < -0.4 is 4.74 Å². The van der Waals surface area contributed by atoms with Crippen molar-refractivity contribution in [2.24, 2.45) is 0 Å². The van der Waals surface area contributed by atoms with Crippen molar-refractivity contribution < 1.29 is 13.9 Å². The molecular weight excluding hydrogens is 233 g/mol. The summed E-state index contributed by atoms with van der Waals surface area (Å²) < 4.78 is 18.0. The molecule has 0 aliphatic carbocycles. The van der Waals surface area contributed by atoms with Gasteiger partial charge in [0, 0.05) is 18.2 Å². The third-order valence-corrected chi connectivity index (χ3v) is 2.55. The minimum atomic E-state index is -0.504. The Morgan fingerprint density at radius 2 is 2.00 bits per heavy atom. The standard InChI is InChI=1S/C14H12FNO2/c1-18-13-4-2-10(3-5-13)6-14(17)11-7-12(15)9-16-8-11/h2-5,7-9H,6H2,1H3. The van der Waals surface area contributed by atoms with Crippen LogP contribution in [0.4, 0.5) is 4.39 Å². The molecule has 2 rings (SSSR count). The number of rotatable bonds is 4. The molecule has 0 unspecified atom stereocenters. The molecule has 0 aliphatic rings. The van der Waals surface area contributed by atoms with Crippen molar-refractivity contribution in [2.45, 2.75) is 6.42 Å². The first-order valence-electron chi connectivity index (χ1n) is 5.46. The minimum Gasteiger partial charge on any atom is -0.497 e. The second-order valence-electron chi connectivity index (χ2n) is 3.84. The Kier molecular flexibility index (Phi) is 3.67. The van der Waals surface area contributed by atoms with Gasteiger partial charge in [0.25, 0.3) is 0 Å². The molecule has 0 saturated carbocycles. The molecule has 0 spiro atoms. The molecule has 0 aliphatic heterocycles. The number of carbonyl (C=O) groups is 1. The maximum Gasteiger partial charge on any atom is 0.168 e. The van der Waals surface area contributed by atoms with Gasteiger partial charge in [-0.25, -0.2) is 4.39 Å². The molecule has 0 amide bonds. The summed E-state index contributed by atoms with van der Waals surface area (Å²) in [5, 5.41) is 0. The van der Waals surface area contributed by atoms with Crippen LogP contribution in [0.1, 0.15) is 15.9 Å². The Morgan fingerprint density at radius 3 is 2.61 bits per heavy atom. The van der Waals surface area contributed by atoms with Crippen LogP contribution in [0.3, 0.4) is 0 Å². The van der Waals surface area contributed by atoms with Gasteiger partial charge in [0.2, 0.25) is 0 Å². The zero-order valence-electron chi connectivity index (χ0n) is 9.89. The third-order valence-electron chi connectivity index (χ3n) is 2.55. The van der Waals surface area contributed by atoms with Gasteiger partial charge in [-0.3, -0.25) is 9.78 Å². The molecule has 0 radical (unpaired) electrons. The van der Waals surface area contributed by atoms with Gasteiger partial charge in [0.05, 0.1) is 13.3 Å². The number of nitrogens with zero attached hydrogens (tertiary/aromatic N) is 1. The van der Waals surface area contributed by atoms with Crippen molar-refractivity contribution in [3.8, 4) is 5.75 Å². The normalized spacial score (nSPS) is 10.1. The molecule has 3 nitrogen and oxygen atoms in total. The summed E-state index contributed by atoms with van der Waals surface area (Å²) >= 11 is 0. The average Bonchev–Trinajstić information content (AvgIpc) is 2.39. The molecule has 1 aromatic carbocycles. The highest BCUT2D eigenvalue weighted by molar-refractivity contribution is 5.97. The Labute approximate surface area is 104 Å². The zero-order valence-corrected chi connectivity index (χ0v) is 9.89. The Morgan fingerprint density at radius 1 is 1.28 bits per heavy atom. The molecule has 18 heavy (non-hydrogen) atoms. The molecule has 1 heterocycles. The van der Waals surface area contributed by atoms with Gasteiger partial charge in [-0.2, -0.15) is 0 Å². The fourth-order valence-corrected chi connectivity index (χ4v) is 1.60. The highest BCUT2D eigenvalue weighted by atomic mass is 19.1. The van der Waals surface area contributed by atoms with Crippen LogP contribution in [0, 0.1) is 5.82 Å². The Hall–Kier alpha value is -2.23. The van der Waals surface area contributed by atoms with E-state index in [4.69, 9.17) is 4.74 Å². The number of hydrogen-bond acceptors (Lipinski definition) is 3. The predicted molar refractivity (Wildman–Crippen MR) is 65.2 cm³/mol. The van der Waals surface area contributed by atoms with Crippen LogP contribution in [0.2, 0.25) is 0 Å². The number of methoxy groups -OCH3 is 1. The van der Waals surface area contributed by atoms with Crippen molar-refractivity contribution in [3.63, 3.8) is 0 Å². The molecule has 0 fully saturated rings. The third kappa shape index (κ3) is 2.91. The lowest BCUT2D eigenvalue weighted by Gasteiger charge is -2.03. The molecular formula is C14H12FNO2. The summed E-state index contributed by atoms with van der Waals surface area (Å²) in [4.78, 5) is 15.5. The van der Waals surface area contributed by atoms with Gasteiger partial charge < -0.3 is 4.74 Å². The van der Waals surface area contributed by atoms with E-state index in [1.54, 1.807) is 19.2 Å². The van der Waals surface area contributed by atoms with Crippen LogP contribution in [0.15, 0.2) is 42.7 Å². The first kappa shape index (κ1) is 12.2. The number of ether oxygens (including phenoxy) is 1. The van der Waals surface area contributed by atoms with Crippen LogP contribution in [-0.4, -0.2) is 17.9 Å². The first-order chi connectivity index (χ1) is 8.69. The van der Waals surface area contributed by atoms with Gasteiger partial charge in [-0.05, 0) is 23.8 Å². The van der Waals surface area contributed by atoms with E-state index in [9.17, 15) is 9.18 Å². The molecule has 2 aromatic rings. The average molecular weight is 245 g/mol. The largest absolute Gasteiger partial charge is 0.497 e. The summed E-state index contributed by atoms with van der Waals surface area (Å²) in [5.74, 6) is 0.0707. The van der Waals surface area contributed by atoms with E-state index in [0.29, 0.717) is 0 Å². The highest BCUT2D eigenvalue weighted by Crippen LogP contribution is 2.13. The van der Waals surface area contributed by atoms with Crippen molar-refractivity contribution in [3.05, 3.63) is 59.7 Å².